The molecule has 0 N–H and O–H groups in total. The Balaban J connectivity index is 1.73. The summed E-state index contributed by atoms with van der Waals surface area (Å²) in [6, 6.07) is 16.8. The molecule has 6 heteroatoms. The van der Waals surface area contributed by atoms with E-state index < -0.39 is 17.8 Å². The van der Waals surface area contributed by atoms with Crippen molar-refractivity contribution in [2.45, 2.75) is 12.5 Å². The normalized spacial score (nSPS) is 16.6. The van der Waals surface area contributed by atoms with Crippen molar-refractivity contribution in [2.24, 2.45) is 5.10 Å². The van der Waals surface area contributed by atoms with Gasteiger partial charge in [-0.2, -0.15) is 5.10 Å². The number of rotatable bonds is 3. The van der Waals surface area contributed by atoms with E-state index in [0.717, 1.165) is 15.7 Å². The maximum atomic E-state index is 14.1. The first-order chi connectivity index (χ1) is 12.6. The molecule has 0 bridgehead atoms. The Morgan fingerprint density at radius 3 is 2.58 bits per heavy atom. The molecule has 0 unspecified atom stereocenters. The molecular weight excluding hydrogens is 399 g/mol. The fourth-order valence-electron chi connectivity index (χ4n) is 2.98. The summed E-state index contributed by atoms with van der Waals surface area (Å²) in [6.45, 7) is 0. The van der Waals surface area contributed by atoms with Gasteiger partial charge in [-0.25, -0.2) is 9.40 Å². The van der Waals surface area contributed by atoms with Crippen LogP contribution in [0.1, 0.15) is 34.1 Å². The standard InChI is InChI=1S/C20H14BrFN2O2/c21-14-9-7-13(8-10-14)17-12-18(19-6-3-11-26-19)24(23-17)20(25)15-4-1-2-5-16(15)22/h1-11,18H,12H2/t18-/m0/s1. The van der Waals surface area contributed by atoms with Crippen molar-refractivity contribution in [1.29, 1.82) is 0 Å². The summed E-state index contributed by atoms with van der Waals surface area (Å²) >= 11 is 3.41. The van der Waals surface area contributed by atoms with Gasteiger partial charge in [0.2, 0.25) is 0 Å². The summed E-state index contributed by atoms with van der Waals surface area (Å²) in [4.78, 5) is 12.9. The molecule has 0 radical (unpaired) electrons. The largest absolute Gasteiger partial charge is 0.467 e. The zero-order valence-corrected chi connectivity index (χ0v) is 15.2. The minimum atomic E-state index is -0.567. The van der Waals surface area contributed by atoms with Crippen LogP contribution in [0.3, 0.4) is 0 Å². The van der Waals surface area contributed by atoms with Crippen molar-refractivity contribution in [3.63, 3.8) is 0 Å². The Hall–Kier alpha value is -2.73. The van der Waals surface area contributed by atoms with Crippen molar-refractivity contribution in [3.05, 3.63) is 94.1 Å². The third kappa shape index (κ3) is 3.08. The molecule has 0 fully saturated rings. The Morgan fingerprint density at radius 1 is 1.12 bits per heavy atom. The van der Waals surface area contributed by atoms with Gasteiger partial charge >= 0.3 is 0 Å². The number of hydrazone groups is 1. The van der Waals surface area contributed by atoms with E-state index in [0.29, 0.717) is 12.2 Å². The topological polar surface area (TPSA) is 45.8 Å². The highest BCUT2D eigenvalue weighted by Crippen LogP contribution is 2.34. The van der Waals surface area contributed by atoms with Crippen molar-refractivity contribution in [1.82, 2.24) is 5.01 Å². The van der Waals surface area contributed by atoms with Crippen LogP contribution in [0.25, 0.3) is 0 Å². The molecule has 4 nitrogen and oxygen atoms in total. The molecule has 0 saturated carbocycles. The summed E-state index contributed by atoms with van der Waals surface area (Å²) in [7, 11) is 0. The first kappa shape index (κ1) is 16.7. The molecule has 0 aliphatic carbocycles. The van der Waals surface area contributed by atoms with Gasteiger partial charge in [-0.1, -0.05) is 40.2 Å². The average molecular weight is 413 g/mol. The molecule has 1 aromatic heterocycles. The van der Waals surface area contributed by atoms with Crippen LogP contribution in [0.2, 0.25) is 0 Å². The Kier molecular flexibility index (Phi) is 4.42. The average Bonchev–Trinajstić information content (AvgIpc) is 3.32. The lowest BCUT2D eigenvalue weighted by Crippen LogP contribution is -2.27. The molecule has 130 valence electrons. The van der Waals surface area contributed by atoms with E-state index in [4.69, 9.17) is 4.42 Å². The van der Waals surface area contributed by atoms with E-state index >= 15 is 0 Å². The second-order valence-corrected chi connectivity index (χ2v) is 6.83. The fraction of sp³-hybridized carbons (Fsp3) is 0.100. The van der Waals surface area contributed by atoms with Gasteiger partial charge in [-0.3, -0.25) is 4.79 Å². The molecule has 2 aromatic carbocycles. The number of hydrogen-bond acceptors (Lipinski definition) is 3. The monoisotopic (exact) mass is 412 g/mol. The molecular formula is C20H14BrFN2O2. The summed E-state index contributed by atoms with van der Waals surface area (Å²) in [5.74, 6) is -0.440. The minimum Gasteiger partial charge on any atom is -0.467 e. The summed E-state index contributed by atoms with van der Waals surface area (Å²) in [5, 5.41) is 5.82. The van der Waals surface area contributed by atoms with E-state index in [2.05, 4.69) is 21.0 Å². The van der Waals surface area contributed by atoms with E-state index in [1.165, 1.54) is 17.1 Å². The molecule has 1 aliphatic rings. The zero-order valence-electron chi connectivity index (χ0n) is 13.6. The summed E-state index contributed by atoms with van der Waals surface area (Å²) < 4.78 is 20.6. The van der Waals surface area contributed by atoms with Crippen LogP contribution in [0.4, 0.5) is 4.39 Å². The summed E-state index contributed by atoms with van der Waals surface area (Å²) in [5.41, 5.74) is 1.65. The van der Waals surface area contributed by atoms with E-state index in [-0.39, 0.29) is 5.56 Å². The Bertz CT molecular complexity index is 968. The second-order valence-electron chi connectivity index (χ2n) is 5.92. The number of hydrogen-bond donors (Lipinski definition) is 0. The van der Waals surface area contributed by atoms with Gasteiger partial charge in [0, 0.05) is 10.9 Å². The maximum Gasteiger partial charge on any atom is 0.277 e. The van der Waals surface area contributed by atoms with Gasteiger partial charge in [-0.15, -0.1) is 0 Å². The van der Waals surface area contributed by atoms with Gasteiger partial charge in [0.25, 0.3) is 5.91 Å². The number of nitrogens with zero attached hydrogens (tertiary/aromatic N) is 2. The third-order valence-corrected chi connectivity index (χ3v) is 4.80. The van der Waals surface area contributed by atoms with Gasteiger partial charge in [0.05, 0.1) is 17.5 Å². The SMILES string of the molecule is O=C(c1ccccc1F)N1N=C(c2ccc(Br)cc2)C[C@H]1c1ccco1. The molecule has 1 aliphatic heterocycles. The molecule has 3 aromatic rings. The van der Waals surface area contributed by atoms with E-state index in [1.54, 1.807) is 30.5 Å². The minimum absolute atomic E-state index is 0.00939. The smallest absolute Gasteiger partial charge is 0.277 e. The quantitative estimate of drug-likeness (QED) is 0.595. The zero-order chi connectivity index (χ0) is 18.1. The summed E-state index contributed by atoms with van der Waals surface area (Å²) in [6.07, 6.45) is 2.05. The van der Waals surface area contributed by atoms with Gasteiger partial charge in [-0.05, 0) is 42.0 Å². The fourth-order valence-corrected chi connectivity index (χ4v) is 3.24. The number of amides is 1. The molecule has 1 amide bonds. The first-order valence-corrected chi connectivity index (χ1v) is 8.87. The molecule has 26 heavy (non-hydrogen) atoms. The van der Waals surface area contributed by atoms with Crippen LogP contribution in [-0.2, 0) is 0 Å². The highest BCUT2D eigenvalue weighted by Gasteiger charge is 2.36. The molecule has 0 spiro atoms. The predicted molar refractivity (Wildman–Crippen MR) is 99.3 cm³/mol. The number of carbonyl (C=O) groups is 1. The first-order valence-electron chi connectivity index (χ1n) is 8.08. The van der Waals surface area contributed by atoms with Crippen LogP contribution >= 0.6 is 15.9 Å². The number of benzene rings is 2. The van der Waals surface area contributed by atoms with E-state index in [1.807, 2.05) is 24.3 Å². The van der Waals surface area contributed by atoms with Crippen molar-refractivity contribution in [3.8, 4) is 0 Å². The van der Waals surface area contributed by atoms with Crippen LogP contribution < -0.4 is 0 Å². The number of halogens is 2. The van der Waals surface area contributed by atoms with Crippen LogP contribution in [0.15, 0.2) is 80.9 Å². The third-order valence-electron chi connectivity index (χ3n) is 4.27. The van der Waals surface area contributed by atoms with Gasteiger partial charge in [0.1, 0.15) is 17.6 Å². The molecule has 2 heterocycles. The van der Waals surface area contributed by atoms with Crippen molar-refractivity contribution < 1.29 is 13.6 Å². The molecule has 4 rings (SSSR count). The van der Waals surface area contributed by atoms with Gasteiger partial charge in [0.15, 0.2) is 0 Å². The van der Waals surface area contributed by atoms with Crippen LogP contribution in [0.5, 0.6) is 0 Å². The highest BCUT2D eigenvalue weighted by atomic mass is 79.9. The van der Waals surface area contributed by atoms with Crippen LogP contribution in [-0.4, -0.2) is 16.6 Å². The Morgan fingerprint density at radius 2 is 1.88 bits per heavy atom. The van der Waals surface area contributed by atoms with Gasteiger partial charge < -0.3 is 4.42 Å². The van der Waals surface area contributed by atoms with Crippen molar-refractivity contribution in [2.75, 3.05) is 0 Å². The predicted octanol–water partition coefficient (Wildman–Crippen LogP) is 5.17. The van der Waals surface area contributed by atoms with Crippen LogP contribution in [0, 0.1) is 5.82 Å². The number of furan rings is 1. The second kappa shape index (κ2) is 6.88. The molecule has 0 saturated heterocycles. The molecule has 1 atom stereocenters. The lowest BCUT2D eigenvalue weighted by atomic mass is 10.0. The van der Waals surface area contributed by atoms with Crippen molar-refractivity contribution >= 4 is 27.5 Å². The Labute approximate surface area is 158 Å². The number of carbonyl (C=O) groups excluding carboxylic acids is 1. The lowest BCUT2D eigenvalue weighted by molar-refractivity contribution is 0.0688. The lowest BCUT2D eigenvalue weighted by Gasteiger charge is -2.20. The maximum absolute atomic E-state index is 14.1. The highest BCUT2D eigenvalue weighted by molar-refractivity contribution is 9.10. The van der Waals surface area contributed by atoms with E-state index in [9.17, 15) is 9.18 Å².